The minimum atomic E-state index is -0.536. The van der Waals surface area contributed by atoms with E-state index in [1.165, 1.54) is 16.3 Å². The summed E-state index contributed by atoms with van der Waals surface area (Å²) in [6.07, 6.45) is 1.78. The highest BCUT2D eigenvalue weighted by Crippen LogP contribution is 2.30. The Morgan fingerprint density at radius 3 is 2.67 bits per heavy atom. The molecule has 1 atom stereocenters. The second-order valence-electron chi connectivity index (χ2n) is 9.04. The number of aliphatic hydroxyl groups is 1. The van der Waals surface area contributed by atoms with Gasteiger partial charge in [0.1, 0.15) is 17.6 Å². The number of carbonyl (C=O) groups is 1. The van der Waals surface area contributed by atoms with Gasteiger partial charge in [0.2, 0.25) is 0 Å². The number of hydrogen-bond donors (Lipinski definition) is 2. The van der Waals surface area contributed by atoms with Gasteiger partial charge in [0.15, 0.2) is 16.7 Å². The van der Waals surface area contributed by atoms with Crippen LogP contribution in [0.2, 0.25) is 5.02 Å². The van der Waals surface area contributed by atoms with Gasteiger partial charge in [-0.25, -0.2) is 14.8 Å². The van der Waals surface area contributed by atoms with E-state index < -0.39 is 11.2 Å². The maximum Gasteiger partial charge on any atom is 0.330 e. The number of hydrogen-bond acceptors (Lipinski definition) is 8. The van der Waals surface area contributed by atoms with Gasteiger partial charge in [0.25, 0.3) is 10.8 Å². The summed E-state index contributed by atoms with van der Waals surface area (Å²) in [4.78, 5) is 48.0. The van der Waals surface area contributed by atoms with Gasteiger partial charge in [-0.3, -0.25) is 14.3 Å². The minimum Gasteiger partial charge on any atom is -0.431 e. The standard InChI is InChI=1S/C27H26ClN5O5S/c1-2-32-22(15-39-27-29-20-12-17(7-10-21(20)38-27)18(14-35)4-3-11-34)30-24-23(32)25(36)31-26(37)33(24)13-16-5-8-19(28)9-6-16/h5-12,18,35H,2-4,13-15H2,1H3,(H,31,36,37). The van der Waals surface area contributed by atoms with Crippen LogP contribution >= 0.6 is 23.4 Å². The topological polar surface area (TPSA) is 136 Å². The number of aldehydes is 1. The number of aryl methyl sites for hydroxylation is 1. The largest absolute Gasteiger partial charge is 0.431 e. The Labute approximate surface area is 231 Å². The molecule has 5 aromatic rings. The fourth-order valence-electron chi connectivity index (χ4n) is 4.59. The van der Waals surface area contributed by atoms with Gasteiger partial charge in [0.05, 0.1) is 12.3 Å². The lowest BCUT2D eigenvalue weighted by Gasteiger charge is -2.12. The van der Waals surface area contributed by atoms with Crippen molar-refractivity contribution in [2.45, 2.75) is 49.7 Å². The van der Waals surface area contributed by atoms with Gasteiger partial charge in [-0.2, -0.15) is 0 Å². The number of oxazole rings is 1. The van der Waals surface area contributed by atoms with Crippen LogP contribution in [0.5, 0.6) is 0 Å². The molecule has 0 radical (unpaired) electrons. The van der Waals surface area contributed by atoms with Gasteiger partial charge >= 0.3 is 5.69 Å². The zero-order valence-electron chi connectivity index (χ0n) is 21.1. The Kier molecular flexibility index (Phi) is 8.01. The van der Waals surface area contributed by atoms with E-state index in [9.17, 15) is 19.5 Å². The summed E-state index contributed by atoms with van der Waals surface area (Å²) >= 11 is 7.32. The molecule has 3 heterocycles. The molecule has 202 valence electrons. The molecule has 2 N–H and O–H groups in total. The molecule has 12 heteroatoms. The molecule has 0 saturated heterocycles. The monoisotopic (exact) mass is 567 g/mol. The fraction of sp³-hybridized carbons (Fsp3) is 0.296. The van der Waals surface area contributed by atoms with Crippen LogP contribution in [0, 0.1) is 0 Å². The molecule has 0 aliphatic carbocycles. The first kappa shape index (κ1) is 26.9. The smallest absolute Gasteiger partial charge is 0.330 e. The van der Waals surface area contributed by atoms with Crippen molar-refractivity contribution in [1.29, 1.82) is 0 Å². The van der Waals surface area contributed by atoms with Crippen molar-refractivity contribution in [3.8, 4) is 0 Å². The van der Waals surface area contributed by atoms with Crippen LogP contribution in [-0.2, 0) is 23.6 Å². The first-order valence-electron chi connectivity index (χ1n) is 12.5. The van der Waals surface area contributed by atoms with Gasteiger partial charge < -0.3 is 18.9 Å². The third-order valence-corrected chi connectivity index (χ3v) is 7.65. The summed E-state index contributed by atoms with van der Waals surface area (Å²) in [6, 6.07) is 12.7. The van der Waals surface area contributed by atoms with E-state index >= 15 is 0 Å². The van der Waals surface area contributed by atoms with E-state index in [1.807, 2.05) is 37.3 Å². The Balaban J connectivity index is 1.44. The van der Waals surface area contributed by atoms with Crippen molar-refractivity contribution in [1.82, 2.24) is 24.1 Å². The van der Waals surface area contributed by atoms with Crippen molar-refractivity contribution < 1.29 is 14.3 Å². The summed E-state index contributed by atoms with van der Waals surface area (Å²) < 4.78 is 9.14. The zero-order chi connectivity index (χ0) is 27.5. The summed E-state index contributed by atoms with van der Waals surface area (Å²) in [6.45, 7) is 2.56. The van der Waals surface area contributed by atoms with Gasteiger partial charge in [-0.1, -0.05) is 41.6 Å². The van der Waals surface area contributed by atoms with Gasteiger partial charge in [-0.15, -0.1) is 0 Å². The quantitative estimate of drug-likeness (QED) is 0.180. The minimum absolute atomic E-state index is 0.0612. The number of carbonyl (C=O) groups excluding carboxylic acids is 1. The fourth-order valence-corrected chi connectivity index (χ4v) is 5.50. The van der Waals surface area contributed by atoms with E-state index in [2.05, 4.69) is 9.97 Å². The molecule has 0 fully saturated rings. The number of rotatable bonds is 11. The van der Waals surface area contributed by atoms with E-state index in [1.54, 1.807) is 16.7 Å². The molecule has 0 aliphatic rings. The van der Waals surface area contributed by atoms with Crippen molar-refractivity contribution >= 4 is 51.9 Å². The molecule has 0 amide bonds. The van der Waals surface area contributed by atoms with Crippen LogP contribution in [0.3, 0.4) is 0 Å². The van der Waals surface area contributed by atoms with Crippen LogP contribution in [0.15, 0.2) is 61.7 Å². The summed E-state index contributed by atoms with van der Waals surface area (Å²) in [5.41, 5.74) is 2.60. The van der Waals surface area contributed by atoms with Crippen molar-refractivity contribution in [3.05, 3.63) is 85.3 Å². The van der Waals surface area contributed by atoms with E-state index in [-0.39, 0.29) is 19.1 Å². The van der Waals surface area contributed by atoms with Crippen molar-refractivity contribution in [2.75, 3.05) is 6.61 Å². The lowest BCUT2D eigenvalue weighted by Crippen LogP contribution is -2.31. The van der Waals surface area contributed by atoms with Crippen LogP contribution in [-0.4, -0.2) is 42.1 Å². The van der Waals surface area contributed by atoms with E-state index in [0.29, 0.717) is 63.5 Å². The average Bonchev–Trinajstić information content (AvgIpc) is 3.52. The lowest BCUT2D eigenvalue weighted by molar-refractivity contribution is -0.108. The molecule has 0 aliphatic heterocycles. The predicted molar refractivity (Wildman–Crippen MR) is 150 cm³/mol. The number of aromatic amines is 1. The van der Waals surface area contributed by atoms with Crippen LogP contribution < -0.4 is 11.2 Å². The lowest BCUT2D eigenvalue weighted by atomic mass is 9.95. The molecular formula is C27H26ClN5O5S. The molecule has 39 heavy (non-hydrogen) atoms. The number of thioether (sulfide) groups is 1. The van der Waals surface area contributed by atoms with Gasteiger partial charge in [0, 0.05) is 30.5 Å². The number of aliphatic hydroxyl groups excluding tert-OH is 1. The molecule has 0 spiro atoms. The Hall–Kier alpha value is -3.67. The molecule has 10 nitrogen and oxygen atoms in total. The molecule has 1 unspecified atom stereocenters. The number of nitrogens with one attached hydrogen (secondary N) is 1. The average molecular weight is 568 g/mol. The Morgan fingerprint density at radius 2 is 1.95 bits per heavy atom. The van der Waals surface area contributed by atoms with Crippen LogP contribution in [0.4, 0.5) is 0 Å². The second-order valence-corrected chi connectivity index (χ2v) is 10.4. The highest BCUT2D eigenvalue weighted by Gasteiger charge is 2.19. The number of aromatic nitrogens is 5. The second kappa shape index (κ2) is 11.6. The molecular weight excluding hydrogens is 542 g/mol. The summed E-state index contributed by atoms with van der Waals surface area (Å²) in [7, 11) is 0. The molecule has 2 aromatic carbocycles. The molecule has 0 bridgehead atoms. The van der Waals surface area contributed by atoms with Crippen molar-refractivity contribution in [2.24, 2.45) is 0 Å². The zero-order valence-corrected chi connectivity index (χ0v) is 22.7. The Bertz CT molecular complexity index is 1760. The molecule has 0 saturated carbocycles. The van der Waals surface area contributed by atoms with Crippen LogP contribution in [0.25, 0.3) is 22.3 Å². The highest BCUT2D eigenvalue weighted by atomic mass is 35.5. The normalized spacial score (nSPS) is 12.4. The maximum atomic E-state index is 12.8. The molecule has 3 aromatic heterocycles. The third kappa shape index (κ3) is 5.56. The van der Waals surface area contributed by atoms with E-state index in [0.717, 1.165) is 17.4 Å². The summed E-state index contributed by atoms with van der Waals surface area (Å²) in [5.74, 6) is 0.811. The number of H-pyrrole nitrogens is 1. The number of halogens is 1. The number of benzene rings is 2. The maximum absolute atomic E-state index is 12.8. The van der Waals surface area contributed by atoms with E-state index in [4.69, 9.17) is 21.0 Å². The van der Waals surface area contributed by atoms with Crippen molar-refractivity contribution in [3.63, 3.8) is 0 Å². The van der Waals surface area contributed by atoms with Crippen LogP contribution in [0.1, 0.15) is 42.6 Å². The number of imidazole rings is 1. The SMILES string of the molecule is CCn1c(CSc2nc3cc(C(CO)CCC=O)ccc3o2)nc2c1c(=O)[nH]c(=O)n2Cc1ccc(Cl)cc1. The third-order valence-electron chi connectivity index (χ3n) is 6.58. The molecule has 5 rings (SSSR count). The first-order chi connectivity index (χ1) is 18.9. The number of nitrogens with zero attached hydrogens (tertiary/aromatic N) is 4. The first-order valence-corrected chi connectivity index (χ1v) is 13.8. The summed E-state index contributed by atoms with van der Waals surface area (Å²) in [5, 5.41) is 10.7. The Morgan fingerprint density at radius 1 is 1.15 bits per heavy atom. The predicted octanol–water partition coefficient (Wildman–Crippen LogP) is 4.10. The van der Waals surface area contributed by atoms with Gasteiger partial charge in [-0.05, 0) is 48.7 Å². The highest BCUT2D eigenvalue weighted by molar-refractivity contribution is 7.98. The number of fused-ring (bicyclic) bond motifs is 2.